The molecule has 5 nitrogen and oxygen atoms in total. The van der Waals surface area contributed by atoms with Gasteiger partial charge in [-0.05, 0) is 31.0 Å². The zero-order valence-corrected chi connectivity index (χ0v) is 11.8. The van der Waals surface area contributed by atoms with E-state index in [1.165, 1.54) is 13.2 Å². The molecule has 110 valence electrons. The molecule has 0 radical (unpaired) electrons. The highest BCUT2D eigenvalue weighted by molar-refractivity contribution is 5.97. The first-order chi connectivity index (χ1) is 9.67. The molecule has 1 aliphatic rings. The van der Waals surface area contributed by atoms with Gasteiger partial charge in [0.15, 0.2) is 0 Å². The number of phenolic OH excluding ortho intramolecular Hbond substituents is 1. The van der Waals surface area contributed by atoms with Crippen molar-refractivity contribution in [3.8, 4) is 11.5 Å². The molecule has 3 N–H and O–H groups in total. The smallest absolute Gasteiger partial charge is 0.258 e. The van der Waals surface area contributed by atoms with Crippen LogP contribution in [0.15, 0.2) is 18.2 Å². The minimum Gasteiger partial charge on any atom is -0.507 e. The number of benzene rings is 1. The van der Waals surface area contributed by atoms with Gasteiger partial charge in [0, 0.05) is 19.1 Å². The monoisotopic (exact) mass is 278 g/mol. The van der Waals surface area contributed by atoms with Gasteiger partial charge in [0.2, 0.25) is 0 Å². The molecular weight excluding hydrogens is 256 g/mol. The average molecular weight is 278 g/mol. The molecule has 20 heavy (non-hydrogen) atoms. The molecule has 5 heteroatoms. The highest BCUT2D eigenvalue weighted by Gasteiger charge is 2.28. The number of rotatable bonds is 5. The topological polar surface area (TPSA) is 75.8 Å². The lowest BCUT2D eigenvalue weighted by atomic mass is 10.1. The number of carbonyl (C=O) groups is 1. The predicted molar refractivity (Wildman–Crippen MR) is 77.0 cm³/mol. The van der Waals surface area contributed by atoms with Gasteiger partial charge in [-0.15, -0.1) is 0 Å². The number of aromatic hydroxyl groups is 1. The van der Waals surface area contributed by atoms with E-state index in [4.69, 9.17) is 10.5 Å². The summed E-state index contributed by atoms with van der Waals surface area (Å²) >= 11 is 0. The Bertz CT molecular complexity index is 470. The van der Waals surface area contributed by atoms with Gasteiger partial charge in [0.05, 0.1) is 12.7 Å². The Morgan fingerprint density at radius 2 is 2.15 bits per heavy atom. The highest BCUT2D eigenvalue weighted by Crippen LogP contribution is 2.28. The molecule has 1 aliphatic carbocycles. The molecule has 1 fully saturated rings. The lowest BCUT2D eigenvalue weighted by molar-refractivity contribution is 0.0684. The molecule has 0 unspecified atom stereocenters. The average Bonchev–Trinajstić information content (AvgIpc) is 2.98. The summed E-state index contributed by atoms with van der Waals surface area (Å²) in [6.45, 7) is 0.938. The van der Waals surface area contributed by atoms with E-state index in [2.05, 4.69) is 0 Å². The molecule has 0 atom stereocenters. The van der Waals surface area contributed by atoms with Gasteiger partial charge in [-0.3, -0.25) is 4.79 Å². The summed E-state index contributed by atoms with van der Waals surface area (Å²) in [5.74, 6) is 0.375. The van der Waals surface area contributed by atoms with Gasteiger partial charge in [-0.25, -0.2) is 0 Å². The third-order valence-electron chi connectivity index (χ3n) is 3.83. The third-order valence-corrected chi connectivity index (χ3v) is 3.83. The van der Waals surface area contributed by atoms with Crippen molar-refractivity contribution in [2.45, 2.75) is 31.7 Å². The number of methoxy groups -OCH3 is 1. The first kappa shape index (κ1) is 14.7. The van der Waals surface area contributed by atoms with E-state index in [0.29, 0.717) is 18.8 Å². The molecular formula is C15H22N2O3. The van der Waals surface area contributed by atoms with E-state index in [0.717, 1.165) is 25.7 Å². The maximum atomic E-state index is 12.7. The van der Waals surface area contributed by atoms with Crippen LogP contribution in [0.4, 0.5) is 0 Å². The minimum absolute atomic E-state index is 0.0178. The van der Waals surface area contributed by atoms with Crippen molar-refractivity contribution in [1.82, 2.24) is 4.90 Å². The molecule has 1 aromatic carbocycles. The molecule has 1 saturated carbocycles. The summed E-state index contributed by atoms with van der Waals surface area (Å²) in [6.07, 6.45) is 4.30. The van der Waals surface area contributed by atoms with Crippen LogP contribution in [0, 0.1) is 0 Å². The van der Waals surface area contributed by atoms with Gasteiger partial charge in [0.1, 0.15) is 11.5 Å². The van der Waals surface area contributed by atoms with Crippen LogP contribution in [0.25, 0.3) is 0 Å². The zero-order valence-electron chi connectivity index (χ0n) is 11.8. The fourth-order valence-electron chi connectivity index (χ4n) is 2.77. The standard InChI is InChI=1S/C15H22N2O3/c1-20-12-6-7-14(18)13(10-12)15(19)17(9-8-16)11-4-2-3-5-11/h6-7,10-11,18H,2-5,8-9,16H2,1H3. The molecule has 0 spiro atoms. The Labute approximate surface area is 119 Å². The van der Waals surface area contributed by atoms with Crippen molar-refractivity contribution in [3.05, 3.63) is 23.8 Å². The van der Waals surface area contributed by atoms with Crippen LogP contribution in [0.2, 0.25) is 0 Å². The molecule has 0 bridgehead atoms. The van der Waals surface area contributed by atoms with Gasteiger partial charge in [0.25, 0.3) is 5.91 Å². The molecule has 0 aliphatic heterocycles. The number of nitrogens with two attached hydrogens (primary N) is 1. The molecule has 1 amide bonds. The number of hydrogen-bond donors (Lipinski definition) is 2. The summed E-state index contributed by atoms with van der Waals surface area (Å²) < 4.78 is 5.12. The third kappa shape index (κ3) is 3.04. The number of phenols is 1. The first-order valence-corrected chi connectivity index (χ1v) is 7.05. The maximum Gasteiger partial charge on any atom is 0.258 e. The Kier molecular flexibility index (Phi) is 4.84. The van der Waals surface area contributed by atoms with Crippen LogP contribution in [0.5, 0.6) is 11.5 Å². The highest BCUT2D eigenvalue weighted by atomic mass is 16.5. The van der Waals surface area contributed by atoms with Crippen molar-refractivity contribution >= 4 is 5.91 Å². The number of hydrogen-bond acceptors (Lipinski definition) is 4. The van der Waals surface area contributed by atoms with Crippen LogP contribution in [0.3, 0.4) is 0 Å². The summed E-state index contributed by atoms with van der Waals surface area (Å²) in [7, 11) is 1.54. The molecule has 1 aromatic rings. The Morgan fingerprint density at radius 1 is 1.45 bits per heavy atom. The summed E-state index contributed by atoms with van der Waals surface area (Å²) in [6, 6.07) is 4.93. The van der Waals surface area contributed by atoms with Gasteiger partial charge in [-0.2, -0.15) is 0 Å². The number of amides is 1. The maximum absolute atomic E-state index is 12.7. The van der Waals surface area contributed by atoms with E-state index >= 15 is 0 Å². The van der Waals surface area contributed by atoms with E-state index < -0.39 is 0 Å². The fraction of sp³-hybridized carbons (Fsp3) is 0.533. The van der Waals surface area contributed by atoms with Crippen LogP contribution < -0.4 is 10.5 Å². The number of carbonyl (C=O) groups excluding carboxylic acids is 1. The van der Waals surface area contributed by atoms with Crippen molar-refractivity contribution < 1.29 is 14.6 Å². The van der Waals surface area contributed by atoms with E-state index in [1.54, 1.807) is 17.0 Å². The van der Waals surface area contributed by atoms with Crippen LogP contribution in [-0.4, -0.2) is 42.2 Å². The van der Waals surface area contributed by atoms with E-state index in [-0.39, 0.29) is 23.3 Å². The second-order valence-corrected chi connectivity index (χ2v) is 5.11. The van der Waals surface area contributed by atoms with E-state index in [1.807, 2.05) is 0 Å². The molecule has 0 saturated heterocycles. The quantitative estimate of drug-likeness (QED) is 0.860. The largest absolute Gasteiger partial charge is 0.507 e. The normalized spacial score (nSPS) is 15.3. The summed E-state index contributed by atoms with van der Waals surface area (Å²) in [5.41, 5.74) is 5.91. The van der Waals surface area contributed by atoms with Crippen LogP contribution in [0.1, 0.15) is 36.0 Å². The van der Waals surface area contributed by atoms with Gasteiger partial charge < -0.3 is 20.5 Å². The Balaban J connectivity index is 2.26. The lowest BCUT2D eigenvalue weighted by Crippen LogP contribution is -2.42. The summed E-state index contributed by atoms with van der Waals surface area (Å²) in [4.78, 5) is 14.5. The van der Waals surface area contributed by atoms with Crippen molar-refractivity contribution in [2.24, 2.45) is 5.73 Å². The fourth-order valence-corrected chi connectivity index (χ4v) is 2.77. The van der Waals surface area contributed by atoms with Crippen molar-refractivity contribution in [3.63, 3.8) is 0 Å². The van der Waals surface area contributed by atoms with Crippen LogP contribution >= 0.6 is 0 Å². The SMILES string of the molecule is COc1ccc(O)c(C(=O)N(CCN)C2CCCC2)c1. The second-order valence-electron chi connectivity index (χ2n) is 5.11. The minimum atomic E-state index is -0.168. The molecule has 2 rings (SSSR count). The van der Waals surface area contributed by atoms with Crippen molar-refractivity contribution in [1.29, 1.82) is 0 Å². The Hall–Kier alpha value is -1.75. The predicted octanol–water partition coefficient (Wildman–Crippen LogP) is 1.74. The van der Waals surface area contributed by atoms with Crippen LogP contribution in [-0.2, 0) is 0 Å². The summed E-state index contributed by atoms with van der Waals surface area (Å²) in [5, 5.41) is 9.93. The molecule has 0 heterocycles. The zero-order chi connectivity index (χ0) is 14.5. The second kappa shape index (κ2) is 6.61. The first-order valence-electron chi connectivity index (χ1n) is 7.05. The lowest BCUT2D eigenvalue weighted by Gasteiger charge is -2.29. The number of nitrogens with zero attached hydrogens (tertiary/aromatic N) is 1. The number of ether oxygens (including phenoxy) is 1. The van der Waals surface area contributed by atoms with Gasteiger partial charge in [-0.1, -0.05) is 12.8 Å². The van der Waals surface area contributed by atoms with E-state index in [9.17, 15) is 9.90 Å². The Morgan fingerprint density at radius 3 is 2.75 bits per heavy atom. The van der Waals surface area contributed by atoms with Gasteiger partial charge >= 0.3 is 0 Å². The van der Waals surface area contributed by atoms with Crippen molar-refractivity contribution in [2.75, 3.05) is 20.2 Å². The molecule has 0 aromatic heterocycles.